The van der Waals surface area contributed by atoms with Crippen LogP contribution in [0.15, 0.2) is 29.5 Å². The Morgan fingerprint density at radius 3 is 2.87 bits per heavy atom. The van der Waals surface area contributed by atoms with Crippen LogP contribution in [-0.2, 0) is 14.3 Å². The van der Waals surface area contributed by atoms with Crippen LogP contribution in [0.1, 0.15) is 11.7 Å². The molecule has 0 saturated heterocycles. The Balaban J connectivity index is 2.21. The molecule has 0 unspecified atom stereocenters. The van der Waals surface area contributed by atoms with Crippen molar-refractivity contribution in [3.8, 4) is 0 Å². The van der Waals surface area contributed by atoms with Crippen molar-refractivity contribution < 1.29 is 14.3 Å². The lowest BCUT2D eigenvalue weighted by Crippen LogP contribution is -2.25. The van der Waals surface area contributed by atoms with Crippen molar-refractivity contribution in [1.82, 2.24) is 4.98 Å². The first kappa shape index (κ1) is 9.64. The number of ether oxygens (including phenoxy) is 2. The summed E-state index contributed by atoms with van der Waals surface area (Å²) < 4.78 is 9.89. The van der Waals surface area contributed by atoms with E-state index in [-0.39, 0.29) is 0 Å². The maximum Gasteiger partial charge on any atom is 0.334 e. The summed E-state index contributed by atoms with van der Waals surface area (Å²) in [5.74, 6) is -0.398. The van der Waals surface area contributed by atoms with E-state index in [4.69, 9.17) is 4.74 Å². The molecule has 2 atom stereocenters. The molecule has 0 N–H and O–H groups in total. The fraction of sp³-hybridized carbons (Fsp3) is 0.300. The van der Waals surface area contributed by atoms with E-state index in [1.165, 1.54) is 13.5 Å². The minimum Gasteiger partial charge on any atom is -0.473 e. The topological polar surface area (TPSA) is 60.8 Å². The Morgan fingerprint density at radius 2 is 2.20 bits per heavy atom. The Kier molecular flexibility index (Phi) is 2.62. The van der Waals surface area contributed by atoms with Gasteiger partial charge in [-0.15, -0.1) is 0 Å². The third-order valence-electron chi connectivity index (χ3n) is 2.19. The molecule has 0 aromatic carbocycles. The number of methoxy groups -OCH3 is 1. The predicted octanol–water partition coefficient (Wildman–Crippen LogP) is 0.723. The lowest BCUT2D eigenvalue weighted by atomic mass is 10.0. The van der Waals surface area contributed by atoms with E-state index >= 15 is 0 Å². The molecule has 1 aromatic rings. The zero-order valence-corrected chi connectivity index (χ0v) is 8.16. The zero-order chi connectivity index (χ0) is 10.7. The maximum atomic E-state index is 11.4. The molecule has 0 bridgehead atoms. The van der Waals surface area contributed by atoms with E-state index in [0.717, 1.165) is 5.56 Å². The molecule has 5 nitrogen and oxygen atoms in total. The number of hydrogen-bond acceptors (Lipinski definition) is 5. The average Bonchev–Trinajstić information content (AvgIpc) is 2.78. The van der Waals surface area contributed by atoms with Gasteiger partial charge in [-0.1, -0.05) is 0 Å². The molecule has 0 aliphatic carbocycles. The van der Waals surface area contributed by atoms with Gasteiger partial charge in [-0.3, -0.25) is 4.98 Å². The second-order valence-electron chi connectivity index (χ2n) is 3.06. The van der Waals surface area contributed by atoms with Gasteiger partial charge in [-0.25, -0.2) is 9.79 Å². The number of carbonyl (C=O) groups is 1. The summed E-state index contributed by atoms with van der Waals surface area (Å²) in [5, 5.41) is 0. The van der Waals surface area contributed by atoms with Gasteiger partial charge in [-0.2, -0.15) is 0 Å². The van der Waals surface area contributed by atoms with Crippen molar-refractivity contribution in [1.29, 1.82) is 0 Å². The molecule has 0 amide bonds. The molecule has 15 heavy (non-hydrogen) atoms. The lowest BCUT2D eigenvalue weighted by Gasteiger charge is -2.14. The van der Waals surface area contributed by atoms with Gasteiger partial charge in [0, 0.05) is 12.4 Å². The van der Waals surface area contributed by atoms with Gasteiger partial charge >= 0.3 is 5.97 Å². The Morgan fingerprint density at radius 1 is 1.47 bits per heavy atom. The minimum absolute atomic E-state index is 0.398. The third-order valence-corrected chi connectivity index (χ3v) is 2.19. The van der Waals surface area contributed by atoms with E-state index in [9.17, 15) is 4.79 Å². The van der Waals surface area contributed by atoms with Gasteiger partial charge in [0.1, 0.15) is 0 Å². The van der Waals surface area contributed by atoms with Gasteiger partial charge in [0.05, 0.1) is 7.11 Å². The van der Waals surface area contributed by atoms with Crippen LogP contribution in [-0.4, -0.2) is 30.5 Å². The van der Waals surface area contributed by atoms with Crippen molar-refractivity contribution >= 4 is 12.4 Å². The fourth-order valence-corrected chi connectivity index (χ4v) is 1.44. The van der Waals surface area contributed by atoms with Crippen LogP contribution in [0, 0.1) is 0 Å². The average molecular weight is 206 g/mol. The molecule has 1 aliphatic heterocycles. The van der Waals surface area contributed by atoms with Gasteiger partial charge in [0.25, 0.3) is 0 Å². The summed E-state index contributed by atoms with van der Waals surface area (Å²) in [6, 6.07) is 2.96. The highest BCUT2D eigenvalue weighted by Gasteiger charge is 2.34. The molecule has 78 valence electrons. The number of aromatic nitrogens is 1. The first-order valence-corrected chi connectivity index (χ1v) is 4.48. The molecule has 0 radical (unpaired) electrons. The predicted molar refractivity (Wildman–Crippen MR) is 52.4 cm³/mol. The third kappa shape index (κ3) is 1.81. The van der Waals surface area contributed by atoms with E-state index in [1.54, 1.807) is 24.5 Å². The molecule has 2 rings (SSSR count). The van der Waals surface area contributed by atoms with Gasteiger partial charge < -0.3 is 9.47 Å². The van der Waals surface area contributed by atoms with Crippen LogP contribution in [0.25, 0.3) is 0 Å². The second kappa shape index (κ2) is 4.08. The summed E-state index contributed by atoms with van der Waals surface area (Å²) in [6.45, 7) is 0. The highest BCUT2D eigenvalue weighted by Crippen LogP contribution is 2.26. The fourth-order valence-electron chi connectivity index (χ4n) is 1.44. The monoisotopic (exact) mass is 206 g/mol. The number of hydrogen-bond donors (Lipinski definition) is 0. The van der Waals surface area contributed by atoms with Crippen LogP contribution in [0.2, 0.25) is 0 Å². The molecule has 1 aliphatic rings. The van der Waals surface area contributed by atoms with Crippen LogP contribution in [0.4, 0.5) is 0 Å². The van der Waals surface area contributed by atoms with Crippen molar-refractivity contribution in [3.63, 3.8) is 0 Å². The minimum atomic E-state index is -0.614. The molecule has 0 spiro atoms. The molecule has 2 heterocycles. The number of esters is 1. The van der Waals surface area contributed by atoms with E-state index in [1.807, 2.05) is 0 Å². The van der Waals surface area contributed by atoms with Crippen molar-refractivity contribution in [2.45, 2.75) is 12.1 Å². The normalized spacial score (nSPS) is 23.5. The standard InChI is InChI=1S/C10H10N2O3/c1-14-10(13)8-9(15-6-12-8)7-2-4-11-5-3-7/h2-6,8-9H,1H3/t8-,9+/m0/s1. The van der Waals surface area contributed by atoms with Crippen LogP contribution in [0.5, 0.6) is 0 Å². The number of nitrogens with zero attached hydrogens (tertiary/aromatic N) is 2. The first-order chi connectivity index (χ1) is 7.33. The van der Waals surface area contributed by atoms with E-state index in [0.29, 0.717) is 0 Å². The molecular formula is C10H10N2O3. The van der Waals surface area contributed by atoms with Gasteiger partial charge in [0.2, 0.25) is 0 Å². The zero-order valence-electron chi connectivity index (χ0n) is 8.16. The molecule has 0 fully saturated rings. The highest BCUT2D eigenvalue weighted by atomic mass is 16.5. The Bertz CT molecular complexity index is 378. The Hall–Kier alpha value is -1.91. The second-order valence-corrected chi connectivity index (χ2v) is 3.06. The highest BCUT2D eigenvalue weighted by molar-refractivity contribution is 5.80. The Labute approximate surface area is 86.8 Å². The first-order valence-electron chi connectivity index (χ1n) is 4.48. The molecule has 5 heteroatoms. The molecular weight excluding hydrogens is 196 g/mol. The molecule has 0 saturated carbocycles. The number of aliphatic imine (C=N–C) groups is 1. The maximum absolute atomic E-state index is 11.4. The quantitative estimate of drug-likeness (QED) is 0.669. The van der Waals surface area contributed by atoms with Crippen LogP contribution >= 0.6 is 0 Å². The summed E-state index contributed by atoms with van der Waals surface area (Å²) >= 11 is 0. The van der Waals surface area contributed by atoms with Crippen molar-refractivity contribution in [2.75, 3.05) is 7.11 Å². The van der Waals surface area contributed by atoms with Crippen LogP contribution in [0.3, 0.4) is 0 Å². The smallest absolute Gasteiger partial charge is 0.334 e. The van der Waals surface area contributed by atoms with Crippen LogP contribution < -0.4 is 0 Å². The van der Waals surface area contributed by atoms with Crippen molar-refractivity contribution in [3.05, 3.63) is 30.1 Å². The summed E-state index contributed by atoms with van der Waals surface area (Å²) in [4.78, 5) is 19.2. The summed E-state index contributed by atoms with van der Waals surface area (Å²) in [6.07, 6.45) is 4.17. The van der Waals surface area contributed by atoms with Crippen molar-refractivity contribution in [2.24, 2.45) is 4.99 Å². The number of pyridine rings is 1. The number of carbonyl (C=O) groups excluding carboxylic acids is 1. The van der Waals surface area contributed by atoms with Gasteiger partial charge in [-0.05, 0) is 17.7 Å². The summed E-state index contributed by atoms with van der Waals surface area (Å²) in [7, 11) is 1.33. The summed E-state index contributed by atoms with van der Waals surface area (Å²) in [5.41, 5.74) is 0.859. The lowest BCUT2D eigenvalue weighted by molar-refractivity contribution is -0.143. The van der Waals surface area contributed by atoms with E-state index < -0.39 is 18.1 Å². The largest absolute Gasteiger partial charge is 0.473 e. The van der Waals surface area contributed by atoms with E-state index in [2.05, 4.69) is 14.7 Å². The molecule has 1 aromatic heterocycles. The number of rotatable bonds is 2. The SMILES string of the molecule is COC(=O)[C@H]1N=CO[C@@H]1c1ccncc1. The van der Waals surface area contributed by atoms with Gasteiger partial charge in [0.15, 0.2) is 18.5 Å².